The Labute approximate surface area is 131 Å². The van der Waals surface area contributed by atoms with Crippen LogP contribution in [0.15, 0.2) is 0 Å². The summed E-state index contributed by atoms with van der Waals surface area (Å²) in [5.74, 6) is -0.716. The minimum absolute atomic E-state index is 0.00274. The highest BCUT2D eigenvalue weighted by Gasteiger charge is 2.40. The van der Waals surface area contributed by atoms with Crippen LogP contribution in [0.5, 0.6) is 0 Å². The Kier molecular flexibility index (Phi) is 6.20. The second kappa shape index (κ2) is 7.47. The molecule has 1 heterocycles. The lowest BCUT2D eigenvalue weighted by Crippen LogP contribution is -2.49. The summed E-state index contributed by atoms with van der Waals surface area (Å²) in [5, 5.41) is 2.43. The molecule has 1 rings (SSSR count). The van der Waals surface area contributed by atoms with E-state index in [1.54, 1.807) is 20.8 Å². The molecule has 1 N–H and O–H groups in total. The SMILES string of the molecule is CCC1CC[C@@H](C(=O)OC)N1C(=O)CNC(=O)OC(C)(C)C. The molecule has 22 heavy (non-hydrogen) atoms. The number of rotatable bonds is 4. The van der Waals surface area contributed by atoms with Gasteiger partial charge >= 0.3 is 12.1 Å². The van der Waals surface area contributed by atoms with E-state index in [2.05, 4.69) is 5.32 Å². The van der Waals surface area contributed by atoms with Crippen LogP contribution in [0.3, 0.4) is 0 Å². The molecule has 0 aliphatic carbocycles. The van der Waals surface area contributed by atoms with Gasteiger partial charge in [0.2, 0.25) is 5.91 Å². The molecular formula is C15H26N2O5. The van der Waals surface area contributed by atoms with Gasteiger partial charge in [-0.05, 0) is 40.0 Å². The van der Waals surface area contributed by atoms with E-state index in [0.29, 0.717) is 6.42 Å². The minimum Gasteiger partial charge on any atom is -0.467 e. The Balaban J connectivity index is 2.64. The molecule has 0 aromatic rings. The van der Waals surface area contributed by atoms with E-state index in [9.17, 15) is 14.4 Å². The maximum Gasteiger partial charge on any atom is 0.408 e. The molecule has 1 aliphatic heterocycles. The third-order valence-corrected chi connectivity index (χ3v) is 3.52. The molecule has 7 nitrogen and oxygen atoms in total. The first-order valence-electron chi connectivity index (χ1n) is 7.55. The first-order chi connectivity index (χ1) is 10.2. The van der Waals surface area contributed by atoms with Gasteiger partial charge in [0, 0.05) is 6.04 Å². The van der Waals surface area contributed by atoms with Gasteiger partial charge < -0.3 is 19.7 Å². The van der Waals surface area contributed by atoms with Crippen molar-refractivity contribution < 1.29 is 23.9 Å². The van der Waals surface area contributed by atoms with Gasteiger partial charge in [0.1, 0.15) is 18.2 Å². The van der Waals surface area contributed by atoms with Gasteiger partial charge in [-0.15, -0.1) is 0 Å². The van der Waals surface area contributed by atoms with Gasteiger partial charge in [-0.25, -0.2) is 9.59 Å². The number of nitrogens with zero attached hydrogens (tertiary/aromatic N) is 1. The zero-order chi connectivity index (χ0) is 16.9. The number of alkyl carbamates (subject to hydrolysis) is 1. The van der Waals surface area contributed by atoms with Crippen LogP contribution in [0, 0.1) is 0 Å². The number of carbonyl (C=O) groups is 3. The Morgan fingerprint density at radius 1 is 1.23 bits per heavy atom. The molecule has 1 fully saturated rings. The van der Waals surface area contributed by atoms with Crippen LogP contribution >= 0.6 is 0 Å². The predicted octanol–water partition coefficient (Wildman–Crippen LogP) is 1.45. The van der Waals surface area contributed by atoms with Crippen molar-refractivity contribution in [2.45, 2.75) is 64.6 Å². The molecule has 0 radical (unpaired) electrons. The largest absolute Gasteiger partial charge is 0.467 e. The van der Waals surface area contributed by atoms with Crippen LogP contribution in [0.1, 0.15) is 47.0 Å². The van der Waals surface area contributed by atoms with Gasteiger partial charge in [-0.2, -0.15) is 0 Å². The number of hydrogen-bond acceptors (Lipinski definition) is 5. The summed E-state index contributed by atoms with van der Waals surface area (Å²) in [6, 6.07) is -0.570. The Hall–Kier alpha value is -1.79. The van der Waals surface area contributed by atoms with Crippen LogP contribution in [0.2, 0.25) is 0 Å². The predicted molar refractivity (Wildman–Crippen MR) is 80.2 cm³/mol. The third-order valence-electron chi connectivity index (χ3n) is 3.52. The summed E-state index contributed by atoms with van der Waals surface area (Å²) in [7, 11) is 1.31. The molecule has 0 aromatic heterocycles. The van der Waals surface area contributed by atoms with Crippen molar-refractivity contribution >= 4 is 18.0 Å². The summed E-state index contributed by atoms with van der Waals surface area (Å²) in [4.78, 5) is 37.3. The fourth-order valence-electron chi connectivity index (χ4n) is 2.58. The van der Waals surface area contributed by atoms with E-state index in [4.69, 9.17) is 9.47 Å². The van der Waals surface area contributed by atoms with E-state index in [0.717, 1.165) is 12.8 Å². The number of amides is 2. The van der Waals surface area contributed by atoms with Crippen molar-refractivity contribution in [3.63, 3.8) is 0 Å². The quantitative estimate of drug-likeness (QED) is 0.794. The number of nitrogens with one attached hydrogen (secondary N) is 1. The molecule has 7 heteroatoms. The van der Waals surface area contributed by atoms with Gasteiger partial charge in [0.15, 0.2) is 0 Å². The van der Waals surface area contributed by atoms with Crippen LogP contribution in [-0.4, -0.2) is 54.2 Å². The van der Waals surface area contributed by atoms with Gasteiger partial charge in [-0.1, -0.05) is 6.92 Å². The Morgan fingerprint density at radius 2 is 1.86 bits per heavy atom. The number of ether oxygens (including phenoxy) is 2. The lowest BCUT2D eigenvalue weighted by molar-refractivity contribution is -0.151. The summed E-state index contributed by atoms with van der Waals surface area (Å²) >= 11 is 0. The van der Waals surface area contributed by atoms with Gasteiger partial charge in [-0.3, -0.25) is 4.79 Å². The summed E-state index contributed by atoms with van der Waals surface area (Å²) in [5.41, 5.74) is -0.624. The fraction of sp³-hybridized carbons (Fsp3) is 0.800. The van der Waals surface area contributed by atoms with Crippen molar-refractivity contribution in [3.8, 4) is 0 Å². The van der Waals surface area contributed by atoms with E-state index in [1.807, 2.05) is 6.92 Å². The second-order valence-electron chi connectivity index (χ2n) is 6.33. The van der Waals surface area contributed by atoms with E-state index >= 15 is 0 Å². The van der Waals surface area contributed by atoms with Crippen molar-refractivity contribution in [1.82, 2.24) is 10.2 Å². The summed E-state index contributed by atoms with van der Waals surface area (Å²) < 4.78 is 9.84. The fourth-order valence-corrected chi connectivity index (χ4v) is 2.58. The molecule has 2 amide bonds. The minimum atomic E-state index is -0.650. The maximum absolute atomic E-state index is 12.4. The third kappa shape index (κ3) is 4.89. The number of hydrogen-bond donors (Lipinski definition) is 1. The maximum atomic E-state index is 12.4. The second-order valence-corrected chi connectivity index (χ2v) is 6.33. The normalized spacial score (nSPS) is 21.4. The first kappa shape index (κ1) is 18.3. The van der Waals surface area contributed by atoms with Crippen LogP contribution < -0.4 is 5.32 Å². The number of likely N-dealkylation sites (tertiary alicyclic amines) is 1. The topological polar surface area (TPSA) is 84.9 Å². The van der Waals surface area contributed by atoms with Crippen LogP contribution in [0.4, 0.5) is 4.79 Å². The molecule has 1 saturated heterocycles. The highest BCUT2D eigenvalue weighted by molar-refractivity contribution is 5.88. The Morgan fingerprint density at radius 3 is 2.36 bits per heavy atom. The van der Waals surface area contributed by atoms with Gasteiger partial charge in [0.25, 0.3) is 0 Å². The standard InChI is InChI=1S/C15H26N2O5/c1-6-10-7-8-11(13(19)21-5)17(10)12(18)9-16-14(20)22-15(2,3)4/h10-11H,6-9H2,1-5H3,(H,16,20)/t10?,11-/m0/s1. The molecule has 0 saturated carbocycles. The van der Waals surface area contributed by atoms with Crippen LogP contribution in [0.25, 0.3) is 0 Å². The zero-order valence-electron chi connectivity index (χ0n) is 14.0. The number of esters is 1. The van der Waals surface area contributed by atoms with Crippen molar-refractivity contribution in [2.75, 3.05) is 13.7 Å². The molecule has 2 atom stereocenters. The Bertz CT molecular complexity index is 430. The zero-order valence-corrected chi connectivity index (χ0v) is 14.0. The molecular weight excluding hydrogens is 288 g/mol. The summed E-state index contributed by atoms with van der Waals surface area (Å²) in [6.07, 6.45) is 1.45. The van der Waals surface area contributed by atoms with Crippen LogP contribution in [-0.2, 0) is 19.1 Å². The van der Waals surface area contributed by atoms with E-state index in [1.165, 1.54) is 12.0 Å². The molecule has 0 aromatic carbocycles. The average Bonchev–Trinajstić information content (AvgIpc) is 2.85. The lowest BCUT2D eigenvalue weighted by atomic mass is 10.1. The molecule has 0 spiro atoms. The monoisotopic (exact) mass is 314 g/mol. The molecule has 1 aliphatic rings. The molecule has 1 unspecified atom stereocenters. The highest BCUT2D eigenvalue weighted by atomic mass is 16.6. The smallest absolute Gasteiger partial charge is 0.408 e. The van der Waals surface area contributed by atoms with Crippen molar-refractivity contribution in [1.29, 1.82) is 0 Å². The number of methoxy groups -OCH3 is 1. The van der Waals surface area contributed by atoms with E-state index < -0.39 is 23.7 Å². The lowest BCUT2D eigenvalue weighted by Gasteiger charge is -2.28. The molecule has 0 bridgehead atoms. The first-order valence-corrected chi connectivity index (χ1v) is 7.55. The van der Waals surface area contributed by atoms with Crippen molar-refractivity contribution in [2.24, 2.45) is 0 Å². The molecule has 126 valence electrons. The number of carbonyl (C=O) groups excluding carboxylic acids is 3. The van der Waals surface area contributed by atoms with Crippen molar-refractivity contribution in [3.05, 3.63) is 0 Å². The van der Waals surface area contributed by atoms with Gasteiger partial charge in [0.05, 0.1) is 7.11 Å². The van der Waals surface area contributed by atoms with E-state index in [-0.39, 0.29) is 18.5 Å². The highest BCUT2D eigenvalue weighted by Crippen LogP contribution is 2.27. The summed E-state index contributed by atoms with van der Waals surface area (Å²) in [6.45, 7) is 7.00. The average molecular weight is 314 g/mol.